The zero-order chi connectivity index (χ0) is 10.4. The SMILES string of the molecule is COc1ccc(/C=C\C(=O)NN)cc1. The Morgan fingerprint density at radius 1 is 1.43 bits per heavy atom. The van der Waals surface area contributed by atoms with Gasteiger partial charge in [0.2, 0.25) is 0 Å². The van der Waals surface area contributed by atoms with Crippen molar-refractivity contribution >= 4 is 12.0 Å². The predicted molar refractivity (Wildman–Crippen MR) is 54.4 cm³/mol. The van der Waals surface area contributed by atoms with Crippen molar-refractivity contribution < 1.29 is 9.53 Å². The fourth-order valence-electron chi connectivity index (χ4n) is 0.935. The highest BCUT2D eigenvalue weighted by atomic mass is 16.5. The third-order valence-electron chi connectivity index (χ3n) is 1.69. The number of hydrogen-bond donors (Lipinski definition) is 2. The highest BCUT2D eigenvalue weighted by Gasteiger charge is 1.91. The number of hydrogen-bond acceptors (Lipinski definition) is 3. The summed E-state index contributed by atoms with van der Waals surface area (Å²) in [7, 11) is 1.60. The van der Waals surface area contributed by atoms with Gasteiger partial charge >= 0.3 is 0 Å². The number of hydrazine groups is 1. The normalized spacial score (nSPS) is 10.1. The molecule has 0 spiro atoms. The van der Waals surface area contributed by atoms with Crippen LogP contribution in [-0.2, 0) is 4.79 Å². The van der Waals surface area contributed by atoms with Crippen LogP contribution in [0.1, 0.15) is 5.56 Å². The molecule has 0 saturated heterocycles. The summed E-state index contributed by atoms with van der Waals surface area (Å²) < 4.78 is 4.99. The van der Waals surface area contributed by atoms with Crippen LogP contribution < -0.4 is 16.0 Å². The van der Waals surface area contributed by atoms with Gasteiger partial charge in [-0.2, -0.15) is 0 Å². The van der Waals surface area contributed by atoms with Crippen molar-refractivity contribution in [2.45, 2.75) is 0 Å². The van der Waals surface area contributed by atoms with E-state index in [-0.39, 0.29) is 5.91 Å². The van der Waals surface area contributed by atoms with Crippen molar-refractivity contribution in [2.75, 3.05) is 7.11 Å². The average Bonchev–Trinajstić information content (AvgIpc) is 2.26. The quantitative estimate of drug-likeness (QED) is 0.320. The maximum atomic E-state index is 10.8. The van der Waals surface area contributed by atoms with Crippen LogP contribution in [0.2, 0.25) is 0 Å². The van der Waals surface area contributed by atoms with E-state index in [9.17, 15) is 4.79 Å². The molecule has 74 valence electrons. The molecule has 0 bridgehead atoms. The molecule has 0 fully saturated rings. The van der Waals surface area contributed by atoms with E-state index in [1.165, 1.54) is 6.08 Å². The molecule has 1 amide bonds. The molecule has 14 heavy (non-hydrogen) atoms. The second-order valence-electron chi connectivity index (χ2n) is 2.62. The van der Waals surface area contributed by atoms with Crippen molar-refractivity contribution in [3.8, 4) is 5.75 Å². The van der Waals surface area contributed by atoms with Gasteiger partial charge in [0.05, 0.1) is 7.11 Å². The largest absolute Gasteiger partial charge is 0.497 e. The first kappa shape index (κ1) is 10.3. The number of amides is 1. The van der Waals surface area contributed by atoms with E-state index in [1.54, 1.807) is 13.2 Å². The number of carbonyl (C=O) groups excluding carboxylic acids is 1. The van der Waals surface area contributed by atoms with Gasteiger partial charge in [-0.1, -0.05) is 12.1 Å². The predicted octanol–water partition coefficient (Wildman–Crippen LogP) is 0.698. The van der Waals surface area contributed by atoms with Crippen LogP contribution in [0.3, 0.4) is 0 Å². The van der Waals surface area contributed by atoms with E-state index in [0.717, 1.165) is 11.3 Å². The Bertz CT molecular complexity index is 330. The van der Waals surface area contributed by atoms with Crippen LogP contribution in [0.4, 0.5) is 0 Å². The van der Waals surface area contributed by atoms with Gasteiger partial charge in [0, 0.05) is 6.08 Å². The van der Waals surface area contributed by atoms with Crippen LogP contribution in [0.5, 0.6) is 5.75 Å². The summed E-state index contributed by atoms with van der Waals surface area (Å²) in [6.07, 6.45) is 3.03. The highest BCUT2D eigenvalue weighted by molar-refractivity contribution is 5.91. The molecule has 0 aromatic heterocycles. The maximum Gasteiger partial charge on any atom is 0.257 e. The fourth-order valence-corrected chi connectivity index (χ4v) is 0.935. The van der Waals surface area contributed by atoms with Crippen molar-refractivity contribution in [3.63, 3.8) is 0 Å². The summed E-state index contributed by atoms with van der Waals surface area (Å²) in [5.74, 6) is 5.36. The molecule has 4 heteroatoms. The lowest BCUT2D eigenvalue weighted by Gasteiger charge is -1.98. The first-order valence-electron chi connectivity index (χ1n) is 4.09. The van der Waals surface area contributed by atoms with Gasteiger partial charge in [-0.05, 0) is 23.8 Å². The third kappa shape index (κ3) is 2.91. The molecule has 0 aliphatic heterocycles. The van der Waals surface area contributed by atoms with E-state index in [4.69, 9.17) is 10.6 Å². The average molecular weight is 192 g/mol. The van der Waals surface area contributed by atoms with Gasteiger partial charge in [0.15, 0.2) is 0 Å². The van der Waals surface area contributed by atoms with Gasteiger partial charge < -0.3 is 4.74 Å². The van der Waals surface area contributed by atoms with Crippen molar-refractivity contribution in [1.29, 1.82) is 0 Å². The summed E-state index contributed by atoms with van der Waals surface area (Å²) in [6.45, 7) is 0. The second-order valence-corrected chi connectivity index (χ2v) is 2.62. The Hall–Kier alpha value is -1.81. The standard InChI is InChI=1S/C10H12N2O2/c1-14-9-5-2-8(3-6-9)4-7-10(13)12-11/h2-7H,11H2,1H3,(H,12,13)/b7-4-. The Kier molecular flexibility index (Phi) is 3.69. The Balaban J connectivity index is 2.68. The van der Waals surface area contributed by atoms with Crippen LogP contribution in [-0.4, -0.2) is 13.0 Å². The number of benzene rings is 1. The van der Waals surface area contributed by atoms with Crippen molar-refractivity contribution in [1.82, 2.24) is 5.43 Å². The van der Waals surface area contributed by atoms with Gasteiger partial charge in [-0.3, -0.25) is 10.2 Å². The first-order valence-corrected chi connectivity index (χ1v) is 4.09. The summed E-state index contributed by atoms with van der Waals surface area (Å²) in [4.78, 5) is 10.8. The van der Waals surface area contributed by atoms with Crippen LogP contribution >= 0.6 is 0 Å². The number of ether oxygens (including phenoxy) is 1. The van der Waals surface area contributed by atoms with Gasteiger partial charge in [0.1, 0.15) is 5.75 Å². The minimum atomic E-state index is -0.333. The Labute approximate surface area is 82.3 Å². The Morgan fingerprint density at radius 3 is 2.57 bits per heavy atom. The van der Waals surface area contributed by atoms with Crippen LogP contribution in [0, 0.1) is 0 Å². The number of rotatable bonds is 3. The lowest BCUT2D eigenvalue weighted by Crippen LogP contribution is -2.27. The molecular formula is C10H12N2O2. The third-order valence-corrected chi connectivity index (χ3v) is 1.69. The molecule has 0 heterocycles. The zero-order valence-corrected chi connectivity index (χ0v) is 7.86. The van der Waals surface area contributed by atoms with Gasteiger partial charge in [-0.15, -0.1) is 0 Å². The highest BCUT2D eigenvalue weighted by Crippen LogP contribution is 2.11. The second kappa shape index (κ2) is 5.04. The topological polar surface area (TPSA) is 64.3 Å². The lowest BCUT2D eigenvalue weighted by atomic mass is 10.2. The van der Waals surface area contributed by atoms with Crippen molar-refractivity contribution in [3.05, 3.63) is 35.9 Å². The smallest absolute Gasteiger partial charge is 0.257 e. The molecule has 1 rings (SSSR count). The van der Waals surface area contributed by atoms with Gasteiger partial charge in [0.25, 0.3) is 5.91 Å². The molecule has 0 aliphatic carbocycles. The minimum Gasteiger partial charge on any atom is -0.497 e. The summed E-state index contributed by atoms with van der Waals surface area (Å²) in [5, 5.41) is 0. The summed E-state index contributed by atoms with van der Waals surface area (Å²) in [5.41, 5.74) is 2.92. The van der Waals surface area contributed by atoms with E-state index < -0.39 is 0 Å². The fraction of sp³-hybridized carbons (Fsp3) is 0.100. The van der Waals surface area contributed by atoms with Crippen LogP contribution in [0.15, 0.2) is 30.3 Å². The molecule has 0 saturated carbocycles. The molecule has 0 unspecified atom stereocenters. The van der Waals surface area contributed by atoms with E-state index in [1.807, 2.05) is 29.7 Å². The molecular weight excluding hydrogens is 180 g/mol. The van der Waals surface area contributed by atoms with Crippen molar-refractivity contribution in [2.24, 2.45) is 5.84 Å². The summed E-state index contributed by atoms with van der Waals surface area (Å²) >= 11 is 0. The number of carbonyl (C=O) groups is 1. The summed E-state index contributed by atoms with van der Waals surface area (Å²) in [6, 6.07) is 7.33. The molecule has 1 aromatic rings. The Morgan fingerprint density at radius 2 is 2.07 bits per heavy atom. The molecule has 3 N–H and O–H groups in total. The molecule has 4 nitrogen and oxygen atoms in total. The number of methoxy groups -OCH3 is 1. The number of nitrogens with one attached hydrogen (secondary N) is 1. The molecule has 0 atom stereocenters. The molecule has 0 aliphatic rings. The lowest BCUT2D eigenvalue weighted by molar-refractivity contribution is -0.116. The van der Waals surface area contributed by atoms with E-state index >= 15 is 0 Å². The van der Waals surface area contributed by atoms with E-state index in [2.05, 4.69) is 0 Å². The van der Waals surface area contributed by atoms with Crippen LogP contribution in [0.25, 0.3) is 6.08 Å². The molecule has 0 radical (unpaired) electrons. The first-order chi connectivity index (χ1) is 6.76. The minimum absolute atomic E-state index is 0.333. The molecule has 1 aromatic carbocycles. The zero-order valence-electron chi connectivity index (χ0n) is 7.86. The van der Waals surface area contributed by atoms with Gasteiger partial charge in [-0.25, -0.2) is 5.84 Å². The maximum absolute atomic E-state index is 10.8. The number of nitrogens with two attached hydrogens (primary N) is 1. The van der Waals surface area contributed by atoms with E-state index in [0.29, 0.717) is 0 Å². The monoisotopic (exact) mass is 192 g/mol.